The summed E-state index contributed by atoms with van der Waals surface area (Å²) in [5, 5.41) is 0.270. The van der Waals surface area contributed by atoms with Crippen molar-refractivity contribution in [2.75, 3.05) is 0 Å². The number of pyridine rings is 1. The van der Waals surface area contributed by atoms with Gasteiger partial charge in [0, 0.05) is 23.3 Å². The average Bonchev–Trinajstić information content (AvgIpc) is 3.21. The van der Waals surface area contributed by atoms with Crippen LogP contribution in [0.2, 0.25) is 5.02 Å². The fraction of sp³-hybridized carbons (Fsp3) is 0.160. The second-order valence-electron chi connectivity index (χ2n) is 7.60. The van der Waals surface area contributed by atoms with E-state index in [1.165, 1.54) is 12.1 Å². The molecule has 5 nitrogen and oxygen atoms in total. The predicted molar refractivity (Wildman–Crippen MR) is 122 cm³/mol. The molecule has 1 aromatic heterocycles. The second kappa shape index (κ2) is 8.93. The first kappa shape index (κ1) is 21.7. The van der Waals surface area contributed by atoms with Gasteiger partial charge < -0.3 is 10.6 Å². The number of nitrogens with two attached hydrogens (primary N) is 1. The summed E-state index contributed by atoms with van der Waals surface area (Å²) in [4.78, 5) is 31.6. The topological polar surface area (TPSA) is 76.3 Å². The van der Waals surface area contributed by atoms with Crippen molar-refractivity contribution in [2.24, 2.45) is 5.73 Å². The van der Waals surface area contributed by atoms with Crippen molar-refractivity contribution < 1.29 is 14.0 Å². The van der Waals surface area contributed by atoms with Gasteiger partial charge in [0.2, 0.25) is 5.91 Å². The Kier molecular flexibility index (Phi) is 6.06. The van der Waals surface area contributed by atoms with Crippen LogP contribution in [0.25, 0.3) is 6.08 Å². The molecule has 0 fully saturated rings. The number of halogens is 2. The van der Waals surface area contributed by atoms with Crippen LogP contribution in [0, 0.1) is 5.82 Å². The molecule has 0 unspecified atom stereocenters. The number of rotatable bonds is 6. The molecule has 1 heterocycles. The second-order valence-corrected chi connectivity index (χ2v) is 8.04. The van der Waals surface area contributed by atoms with Gasteiger partial charge in [0.1, 0.15) is 5.82 Å². The molecule has 162 valence electrons. The van der Waals surface area contributed by atoms with E-state index in [0.29, 0.717) is 46.4 Å². The van der Waals surface area contributed by atoms with Crippen LogP contribution in [0.3, 0.4) is 0 Å². The highest BCUT2D eigenvalue weighted by Crippen LogP contribution is 2.40. The standard InChI is InChI=1S/C25H21ClFN3O2/c1-2-22-19(8-5-11-29-22)25(32)30(14-15-6-3-4-7-17(15)24(28)31)23-10-9-18-20(23)12-16(26)13-21(18)27/h2-8,11-13,23H,1,9-10,14H2,(H2,28,31)/t23-/m1/s1. The summed E-state index contributed by atoms with van der Waals surface area (Å²) < 4.78 is 14.6. The molecule has 0 saturated carbocycles. The van der Waals surface area contributed by atoms with Gasteiger partial charge in [0.05, 0.1) is 17.3 Å². The highest BCUT2D eigenvalue weighted by atomic mass is 35.5. The van der Waals surface area contributed by atoms with Crippen LogP contribution in [-0.2, 0) is 13.0 Å². The molecule has 0 aliphatic heterocycles. The van der Waals surface area contributed by atoms with E-state index >= 15 is 0 Å². The number of benzene rings is 2. The third-order valence-corrected chi connectivity index (χ3v) is 5.96. The summed E-state index contributed by atoms with van der Waals surface area (Å²) in [5.41, 5.74) is 8.53. The zero-order valence-corrected chi connectivity index (χ0v) is 18.0. The highest BCUT2D eigenvalue weighted by Gasteiger charge is 2.34. The molecule has 7 heteroatoms. The molecule has 1 aliphatic carbocycles. The molecular weight excluding hydrogens is 429 g/mol. The van der Waals surface area contributed by atoms with E-state index in [4.69, 9.17) is 17.3 Å². The van der Waals surface area contributed by atoms with Crippen LogP contribution in [0.4, 0.5) is 4.39 Å². The summed E-state index contributed by atoms with van der Waals surface area (Å²) in [7, 11) is 0. The monoisotopic (exact) mass is 449 g/mol. The first-order valence-corrected chi connectivity index (χ1v) is 10.5. The summed E-state index contributed by atoms with van der Waals surface area (Å²) in [6.07, 6.45) is 4.11. The fourth-order valence-electron chi connectivity index (χ4n) is 4.27. The molecular formula is C25H21ClFN3O2. The molecule has 3 aromatic rings. The van der Waals surface area contributed by atoms with Gasteiger partial charge in [0.15, 0.2) is 0 Å². The smallest absolute Gasteiger partial charge is 0.256 e. The number of carbonyl (C=O) groups is 2. The first-order valence-electron chi connectivity index (χ1n) is 10.1. The Labute approximate surface area is 190 Å². The van der Waals surface area contributed by atoms with Crippen molar-refractivity contribution >= 4 is 29.5 Å². The number of amides is 2. The van der Waals surface area contributed by atoms with E-state index in [1.807, 2.05) is 0 Å². The van der Waals surface area contributed by atoms with Gasteiger partial charge in [-0.05, 0) is 65.9 Å². The van der Waals surface area contributed by atoms with Crippen molar-refractivity contribution in [3.63, 3.8) is 0 Å². The van der Waals surface area contributed by atoms with Crippen LogP contribution in [0.15, 0.2) is 61.3 Å². The SMILES string of the molecule is C=Cc1ncccc1C(=O)N(Cc1ccccc1C(N)=O)[C@@H]1CCc2c(F)cc(Cl)cc21. The van der Waals surface area contributed by atoms with E-state index in [0.717, 1.165) is 0 Å². The normalized spacial score (nSPS) is 14.6. The van der Waals surface area contributed by atoms with Crippen LogP contribution in [0.5, 0.6) is 0 Å². The maximum atomic E-state index is 14.6. The number of hydrogen-bond donors (Lipinski definition) is 1. The largest absolute Gasteiger partial charge is 0.366 e. The van der Waals surface area contributed by atoms with Gasteiger partial charge in [-0.2, -0.15) is 0 Å². The van der Waals surface area contributed by atoms with E-state index in [1.54, 1.807) is 53.6 Å². The third-order valence-electron chi connectivity index (χ3n) is 5.74. The van der Waals surface area contributed by atoms with Crippen LogP contribution >= 0.6 is 11.6 Å². The molecule has 0 bridgehead atoms. The minimum atomic E-state index is -0.581. The zero-order chi connectivity index (χ0) is 22.8. The summed E-state index contributed by atoms with van der Waals surface area (Å²) in [6.45, 7) is 3.86. The van der Waals surface area contributed by atoms with Gasteiger partial charge in [0.25, 0.3) is 5.91 Å². The Hall–Kier alpha value is -3.51. The van der Waals surface area contributed by atoms with Crippen molar-refractivity contribution in [3.05, 3.63) is 106 Å². The van der Waals surface area contributed by atoms with Gasteiger partial charge in [-0.1, -0.05) is 36.4 Å². The molecule has 0 radical (unpaired) electrons. The average molecular weight is 450 g/mol. The molecule has 32 heavy (non-hydrogen) atoms. The highest BCUT2D eigenvalue weighted by molar-refractivity contribution is 6.30. The molecule has 1 aliphatic rings. The number of nitrogens with zero attached hydrogens (tertiary/aromatic N) is 2. The predicted octanol–water partition coefficient (Wildman–Crippen LogP) is 4.95. The Morgan fingerprint density at radius 2 is 1.97 bits per heavy atom. The summed E-state index contributed by atoms with van der Waals surface area (Å²) >= 11 is 6.14. The van der Waals surface area contributed by atoms with Crippen molar-refractivity contribution in [3.8, 4) is 0 Å². The van der Waals surface area contributed by atoms with Gasteiger partial charge in [-0.15, -0.1) is 0 Å². The minimum Gasteiger partial charge on any atom is -0.366 e. The van der Waals surface area contributed by atoms with E-state index in [9.17, 15) is 14.0 Å². The van der Waals surface area contributed by atoms with Crippen LogP contribution in [-0.4, -0.2) is 21.7 Å². The van der Waals surface area contributed by atoms with Crippen molar-refractivity contribution in [1.29, 1.82) is 0 Å². The lowest BCUT2D eigenvalue weighted by atomic mass is 10.0. The number of fused-ring (bicyclic) bond motifs is 1. The Morgan fingerprint density at radius 3 is 2.72 bits per heavy atom. The molecule has 2 aromatic carbocycles. The maximum Gasteiger partial charge on any atom is 0.256 e. The van der Waals surface area contributed by atoms with Crippen LogP contribution < -0.4 is 5.73 Å². The van der Waals surface area contributed by atoms with Crippen LogP contribution in [0.1, 0.15) is 55.6 Å². The molecule has 2 N–H and O–H groups in total. The van der Waals surface area contributed by atoms with E-state index in [2.05, 4.69) is 11.6 Å². The lowest BCUT2D eigenvalue weighted by molar-refractivity contribution is 0.0655. The van der Waals surface area contributed by atoms with E-state index in [-0.39, 0.29) is 23.3 Å². The fourth-order valence-corrected chi connectivity index (χ4v) is 4.48. The zero-order valence-electron chi connectivity index (χ0n) is 17.2. The molecule has 0 spiro atoms. The Morgan fingerprint density at radius 1 is 1.22 bits per heavy atom. The molecule has 1 atom stereocenters. The van der Waals surface area contributed by atoms with Gasteiger partial charge >= 0.3 is 0 Å². The van der Waals surface area contributed by atoms with Crippen molar-refractivity contribution in [1.82, 2.24) is 9.88 Å². The molecule has 2 amide bonds. The van der Waals surface area contributed by atoms with Crippen molar-refractivity contribution in [2.45, 2.75) is 25.4 Å². The summed E-state index contributed by atoms with van der Waals surface area (Å²) in [5.74, 6) is -1.26. The van der Waals surface area contributed by atoms with Gasteiger partial charge in [-0.3, -0.25) is 14.6 Å². The molecule has 0 saturated heterocycles. The Bertz CT molecular complexity index is 1230. The quantitative estimate of drug-likeness (QED) is 0.578. The first-order chi connectivity index (χ1) is 15.4. The summed E-state index contributed by atoms with van der Waals surface area (Å²) in [6, 6.07) is 12.8. The minimum absolute atomic E-state index is 0.113. The number of carbonyl (C=O) groups excluding carboxylic acids is 2. The number of aromatic nitrogens is 1. The lowest BCUT2D eigenvalue weighted by Crippen LogP contribution is -2.35. The Balaban J connectivity index is 1.83. The number of hydrogen-bond acceptors (Lipinski definition) is 3. The lowest BCUT2D eigenvalue weighted by Gasteiger charge is -2.31. The number of primary amides is 1. The maximum absolute atomic E-state index is 14.6. The van der Waals surface area contributed by atoms with Gasteiger partial charge in [-0.25, -0.2) is 4.39 Å². The van der Waals surface area contributed by atoms with E-state index < -0.39 is 11.9 Å². The molecule has 4 rings (SSSR count). The third kappa shape index (κ3) is 4.01.